The summed E-state index contributed by atoms with van der Waals surface area (Å²) in [5.74, 6) is 2.10. The molecular formula is C20H20O3. The lowest BCUT2D eigenvalue weighted by atomic mass is 9.88. The zero-order valence-electron chi connectivity index (χ0n) is 13.4. The van der Waals surface area contributed by atoms with E-state index < -0.39 is 0 Å². The van der Waals surface area contributed by atoms with E-state index in [0.29, 0.717) is 6.61 Å². The second kappa shape index (κ2) is 5.34. The van der Waals surface area contributed by atoms with Gasteiger partial charge in [0.2, 0.25) is 0 Å². The van der Waals surface area contributed by atoms with Gasteiger partial charge in [0.1, 0.15) is 23.4 Å². The first-order valence-corrected chi connectivity index (χ1v) is 8.00. The van der Waals surface area contributed by atoms with Gasteiger partial charge in [-0.3, -0.25) is 0 Å². The minimum Gasteiger partial charge on any atom is -0.508 e. The molecule has 0 fully saturated rings. The molecule has 3 nitrogen and oxygen atoms in total. The van der Waals surface area contributed by atoms with E-state index in [1.165, 1.54) is 11.1 Å². The fraction of sp³-hybridized carbons (Fsp3) is 0.300. The van der Waals surface area contributed by atoms with Crippen LogP contribution in [0.2, 0.25) is 0 Å². The fourth-order valence-corrected chi connectivity index (χ4v) is 3.35. The highest BCUT2D eigenvalue weighted by Crippen LogP contribution is 2.51. The first-order valence-electron chi connectivity index (χ1n) is 8.00. The summed E-state index contributed by atoms with van der Waals surface area (Å²) < 4.78 is 12.1. The van der Waals surface area contributed by atoms with Crippen LogP contribution in [0.5, 0.6) is 17.2 Å². The van der Waals surface area contributed by atoms with Crippen LogP contribution in [0.4, 0.5) is 0 Å². The van der Waals surface area contributed by atoms with Gasteiger partial charge in [-0.1, -0.05) is 23.8 Å². The molecular weight excluding hydrogens is 288 g/mol. The van der Waals surface area contributed by atoms with Crippen molar-refractivity contribution in [3.05, 3.63) is 64.7 Å². The molecule has 2 aromatic rings. The molecule has 118 valence electrons. The van der Waals surface area contributed by atoms with Gasteiger partial charge in [-0.05, 0) is 44.0 Å². The smallest absolute Gasteiger partial charge is 0.138 e. The predicted molar refractivity (Wildman–Crippen MR) is 89.3 cm³/mol. The van der Waals surface area contributed by atoms with Crippen molar-refractivity contribution in [2.45, 2.75) is 32.3 Å². The van der Waals surface area contributed by atoms with Crippen LogP contribution in [-0.4, -0.2) is 11.7 Å². The fourth-order valence-electron chi connectivity index (χ4n) is 3.35. The van der Waals surface area contributed by atoms with Crippen LogP contribution in [0.25, 0.3) is 0 Å². The Balaban J connectivity index is 1.70. The number of phenols is 1. The molecule has 0 amide bonds. The molecule has 0 radical (unpaired) electrons. The van der Waals surface area contributed by atoms with Gasteiger partial charge in [-0.2, -0.15) is 0 Å². The van der Waals surface area contributed by atoms with Crippen LogP contribution in [0, 0.1) is 0 Å². The zero-order chi connectivity index (χ0) is 16.0. The minimum atomic E-state index is -0.0257. The normalized spacial score (nSPS) is 20.6. The van der Waals surface area contributed by atoms with E-state index in [9.17, 15) is 5.11 Å². The standard InChI is InChI=1S/C20H20O3/c1-12(2)3-4-13-5-8-18-16(9-13)20-17(11-22-18)15-7-6-14(21)10-19(15)23-20/h3,5-10,17,20-21H,4,11H2,1-2H3. The Hall–Kier alpha value is -2.42. The molecule has 2 heterocycles. The molecule has 0 saturated heterocycles. The van der Waals surface area contributed by atoms with E-state index in [4.69, 9.17) is 9.47 Å². The highest BCUT2D eigenvalue weighted by atomic mass is 16.5. The van der Waals surface area contributed by atoms with Crippen molar-refractivity contribution in [1.82, 2.24) is 0 Å². The van der Waals surface area contributed by atoms with Crippen molar-refractivity contribution in [3.8, 4) is 17.2 Å². The maximum Gasteiger partial charge on any atom is 0.138 e. The summed E-state index contributed by atoms with van der Waals surface area (Å²) in [5, 5.41) is 9.67. The summed E-state index contributed by atoms with van der Waals surface area (Å²) in [4.78, 5) is 0. The van der Waals surface area contributed by atoms with E-state index in [2.05, 4.69) is 32.1 Å². The van der Waals surface area contributed by atoms with Crippen molar-refractivity contribution < 1.29 is 14.6 Å². The van der Waals surface area contributed by atoms with Gasteiger partial charge in [-0.25, -0.2) is 0 Å². The van der Waals surface area contributed by atoms with Gasteiger partial charge in [0.15, 0.2) is 0 Å². The molecule has 2 aromatic carbocycles. The van der Waals surface area contributed by atoms with Crippen molar-refractivity contribution in [2.75, 3.05) is 6.61 Å². The number of aromatic hydroxyl groups is 1. The molecule has 0 aromatic heterocycles. The van der Waals surface area contributed by atoms with Gasteiger partial charge < -0.3 is 14.6 Å². The molecule has 3 heteroatoms. The molecule has 2 aliphatic heterocycles. The number of ether oxygens (including phenoxy) is 2. The number of hydrogen-bond donors (Lipinski definition) is 1. The Bertz CT molecular complexity index is 787. The molecule has 4 rings (SSSR count). The third-order valence-electron chi connectivity index (χ3n) is 4.56. The Labute approximate surface area is 136 Å². The number of hydrogen-bond acceptors (Lipinski definition) is 3. The molecule has 2 unspecified atom stereocenters. The SMILES string of the molecule is CC(C)=CCc1ccc2c(c1)C1Oc3cc(O)ccc3C1CO2. The van der Waals surface area contributed by atoms with Crippen LogP contribution in [0.3, 0.4) is 0 Å². The van der Waals surface area contributed by atoms with Crippen LogP contribution < -0.4 is 9.47 Å². The van der Waals surface area contributed by atoms with Gasteiger partial charge in [-0.15, -0.1) is 0 Å². The Morgan fingerprint density at radius 1 is 1.13 bits per heavy atom. The molecule has 23 heavy (non-hydrogen) atoms. The quantitative estimate of drug-likeness (QED) is 0.830. The third kappa shape index (κ3) is 2.46. The summed E-state index contributed by atoms with van der Waals surface area (Å²) in [6, 6.07) is 11.7. The summed E-state index contributed by atoms with van der Waals surface area (Å²) in [5.41, 5.74) is 4.80. The Morgan fingerprint density at radius 3 is 2.83 bits per heavy atom. The number of fused-ring (bicyclic) bond motifs is 5. The lowest BCUT2D eigenvalue weighted by Gasteiger charge is -2.28. The molecule has 0 aliphatic carbocycles. The number of phenolic OH excluding ortho intramolecular Hbond substituents is 1. The van der Waals surface area contributed by atoms with E-state index in [1.54, 1.807) is 12.1 Å². The van der Waals surface area contributed by atoms with Gasteiger partial charge in [0, 0.05) is 17.2 Å². The average molecular weight is 308 g/mol. The summed E-state index contributed by atoms with van der Waals surface area (Å²) >= 11 is 0. The van der Waals surface area contributed by atoms with Crippen molar-refractivity contribution in [1.29, 1.82) is 0 Å². The molecule has 0 spiro atoms. The van der Waals surface area contributed by atoms with E-state index >= 15 is 0 Å². The highest BCUT2D eigenvalue weighted by molar-refractivity contribution is 5.51. The van der Waals surface area contributed by atoms with Crippen LogP contribution in [0.1, 0.15) is 42.6 Å². The number of rotatable bonds is 2. The highest BCUT2D eigenvalue weighted by Gasteiger charge is 2.40. The average Bonchev–Trinajstić information content (AvgIpc) is 2.90. The second-order valence-electron chi connectivity index (χ2n) is 6.54. The summed E-state index contributed by atoms with van der Waals surface area (Å²) in [6.07, 6.45) is 3.12. The van der Waals surface area contributed by atoms with Crippen molar-refractivity contribution >= 4 is 0 Å². The number of benzene rings is 2. The Morgan fingerprint density at radius 2 is 2.00 bits per heavy atom. The van der Waals surface area contributed by atoms with Gasteiger partial charge in [0.25, 0.3) is 0 Å². The second-order valence-corrected chi connectivity index (χ2v) is 6.54. The molecule has 0 saturated carbocycles. The number of allylic oxidation sites excluding steroid dienone is 2. The monoisotopic (exact) mass is 308 g/mol. The van der Waals surface area contributed by atoms with Crippen LogP contribution in [-0.2, 0) is 6.42 Å². The first-order chi connectivity index (χ1) is 11.1. The van der Waals surface area contributed by atoms with E-state index in [1.807, 2.05) is 12.1 Å². The van der Waals surface area contributed by atoms with E-state index in [-0.39, 0.29) is 17.8 Å². The summed E-state index contributed by atoms with van der Waals surface area (Å²) in [7, 11) is 0. The lowest BCUT2D eigenvalue weighted by Crippen LogP contribution is -2.23. The van der Waals surface area contributed by atoms with E-state index in [0.717, 1.165) is 29.0 Å². The van der Waals surface area contributed by atoms with Crippen LogP contribution >= 0.6 is 0 Å². The molecule has 0 bridgehead atoms. The maximum absolute atomic E-state index is 9.67. The molecule has 2 aliphatic rings. The molecule has 2 atom stereocenters. The van der Waals surface area contributed by atoms with Gasteiger partial charge >= 0.3 is 0 Å². The lowest BCUT2D eigenvalue weighted by molar-refractivity contribution is 0.139. The Kier molecular flexibility index (Phi) is 3.29. The maximum atomic E-state index is 9.67. The topological polar surface area (TPSA) is 38.7 Å². The van der Waals surface area contributed by atoms with Crippen molar-refractivity contribution in [2.24, 2.45) is 0 Å². The van der Waals surface area contributed by atoms with Crippen molar-refractivity contribution in [3.63, 3.8) is 0 Å². The van der Waals surface area contributed by atoms with Crippen LogP contribution in [0.15, 0.2) is 48.0 Å². The van der Waals surface area contributed by atoms with Gasteiger partial charge in [0.05, 0.1) is 12.5 Å². The first kappa shape index (κ1) is 14.2. The third-order valence-corrected chi connectivity index (χ3v) is 4.56. The largest absolute Gasteiger partial charge is 0.508 e. The summed E-state index contributed by atoms with van der Waals surface area (Å²) in [6.45, 7) is 4.84. The molecule has 1 N–H and O–H groups in total. The predicted octanol–water partition coefficient (Wildman–Crippen LogP) is 4.51. The zero-order valence-corrected chi connectivity index (χ0v) is 13.4. The minimum absolute atomic E-state index is 0.0257.